The molecule has 2 fully saturated rings. The third-order valence-corrected chi connectivity index (χ3v) is 5.91. The van der Waals surface area contributed by atoms with E-state index >= 15 is 0 Å². The molecule has 0 bridgehead atoms. The van der Waals surface area contributed by atoms with E-state index in [0.717, 1.165) is 18.4 Å². The summed E-state index contributed by atoms with van der Waals surface area (Å²) >= 11 is 0. The van der Waals surface area contributed by atoms with Crippen molar-refractivity contribution in [2.45, 2.75) is 31.8 Å². The van der Waals surface area contributed by atoms with Crippen LogP contribution in [-0.4, -0.2) is 40.7 Å². The predicted molar refractivity (Wildman–Crippen MR) is 96.4 cm³/mol. The van der Waals surface area contributed by atoms with Crippen LogP contribution in [0.5, 0.6) is 0 Å². The lowest BCUT2D eigenvalue weighted by molar-refractivity contribution is -0.143. The molecule has 5 heteroatoms. The van der Waals surface area contributed by atoms with Crippen LogP contribution < -0.4 is 0 Å². The van der Waals surface area contributed by atoms with Crippen molar-refractivity contribution >= 4 is 11.8 Å². The lowest BCUT2D eigenvalue weighted by atomic mass is 9.76. The number of nitriles is 1. The molecule has 0 N–H and O–H groups in total. The van der Waals surface area contributed by atoms with Gasteiger partial charge in [0.05, 0.1) is 17.9 Å². The van der Waals surface area contributed by atoms with E-state index in [1.807, 2.05) is 41.3 Å². The molecule has 4 atom stereocenters. The maximum atomic E-state index is 13.1. The number of carbonyl (C=O) groups is 2. The fourth-order valence-corrected chi connectivity index (χ4v) is 4.63. The molecule has 5 nitrogen and oxygen atoms in total. The lowest BCUT2D eigenvalue weighted by Gasteiger charge is -2.31. The standard InChI is InChI=1S/C21H23N3O2/c22-12-17-9-5-11-24(17)20(25)18-10-4-8-16-14-23(21(26)19(16)18)13-15-6-2-1-3-7-15/h1-4,6-8,16-19H,5,9-11,13-14H2/t16-,17+,18+,19-/m1/s1. The minimum absolute atomic E-state index is 0.0108. The first-order valence-corrected chi connectivity index (χ1v) is 9.38. The fraction of sp³-hybridized carbons (Fsp3) is 0.476. The van der Waals surface area contributed by atoms with Crippen LogP contribution in [0.25, 0.3) is 0 Å². The van der Waals surface area contributed by atoms with Gasteiger partial charge in [0.2, 0.25) is 11.8 Å². The quantitative estimate of drug-likeness (QED) is 0.787. The highest BCUT2D eigenvalue weighted by atomic mass is 16.2. The number of hydrogen-bond acceptors (Lipinski definition) is 3. The average Bonchev–Trinajstić information content (AvgIpc) is 3.27. The van der Waals surface area contributed by atoms with Crippen molar-refractivity contribution < 1.29 is 9.59 Å². The Morgan fingerprint density at radius 3 is 2.85 bits per heavy atom. The second-order valence-corrected chi connectivity index (χ2v) is 7.48. The molecular weight excluding hydrogens is 326 g/mol. The van der Waals surface area contributed by atoms with Crippen LogP contribution in [0.3, 0.4) is 0 Å². The highest BCUT2D eigenvalue weighted by Crippen LogP contribution is 2.39. The van der Waals surface area contributed by atoms with Crippen molar-refractivity contribution in [2.24, 2.45) is 17.8 Å². The largest absolute Gasteiger partial charge is 0.337 e. The van der Waals surface area contributed by atoms with Crippen LogP contribution >= 0.6 is 0 Å². The number of carbonyl (C=O) groups excluding carboxylic acids is 2. The third-order valence-electron chi connectivity index (χ3n) is 5.91. The minimum atomic E-state index is -0.330. The summed E-state index contributed by atoms with van der Waals surface area (Å²) < 4.78 is 0. The van der Waals surface area contributed by atoms with Gasteiger partial charge in [-0.25, -0.2) is 0 Å². The zero-order valence-electron chi connectivity index (χ0n) is 14.8. The molecule has 0 radical (unpaired) electrons. The van der Waals surface area contributed by atoms with Gasteiger partial charge in [-0.2, -0.15) is 5.26 Å². The van der Waals surface area contributed by atoms with Gasteiger partial charge in [-0.3, -0.25) is 9.59 Å². The molecule has 2 aliphatic heterocycles. The van der Waals surface area contributed by atoms with Crippen LogP contribution in [0.1, 0.15) is 24.8 Å². The molecule has 2 saturated heterocycles. The Hall–Kier alpha value is -2.61. The smallest absolute Gasteiger partial charge is 0.227 e. The number of rotatable bonds is 3. The number of nitrogens with zero attached hydrogens (tertiary/aromatic N) is 3. The SMILES string of the molecule is N#C[C@@H]1CCCN1C(=O)[C@H]1CC=C[C@@H]2CN(Cc3ccccc3)C(=O)[C@H]21. The number of fused-ring (bicyclic) bond motifs is 1. The van der Waals surface area contributed by atoms with Crippen molar-refractivity contribution in [3.8, 4) is 6.07 Å². The molecule has 0 spiro atoms. The van der Waals surface area contributed by atoms with Gasteiger partial charge in [-0.1, -0.05) is 42.5 Å². The summed E-state index contributed by atoms with van der Waals surface area (Å²) in [5.41, 5.74) is 1.11. The molecular formula is C21H23N3O2. The molecule has 134 valence electrons. The molecule has 26 heavy (non-hydrogen) atoms. The summed E-state index contributed by atoms with van der Waals surface area (Å²) in [5, 5.41) is 9.30. The normalized spacial score (nSPS) is 30.3. The molecule has 0 unspecified atom stereocenters. The summed E-state index contributed by atoms with van der Waals surface area (Å²) in [4.78, 5) is 29.8. The Bertz CT molecular complexity index is 767. The lowest BCUT2D eigenvalue weighted by Crippen LogP contribution is -2.44. The first-order valence-electron chi connectivity index (χ1n) is 9.38. The van der Waals surface area contributed by atoms with E-state index in [1.54, 1.807) is 4.90 Å². The number of hydrogen-bond donors (Lipinski definition) is 0. The van der Waals surface area contributed by atoms with Gasteiger partial charge in [-0.15, -0.1) is 0 Å². The van der Waals surface area contributed by atoms with E-state index < -0.39 is 0 Å². The van der Waals surface area contributed by atoms with Gasteiger partial charge in [-0.05, 0) is 24.8 Å². The second kappa shape index (κ2) is 6.95. The molecule has 2 amide bonds. The topological polar surface area (TPSA) is 64.4 Å². The van der Waals surface area contributed by atoms with Crippen LogP contribution in [0.15, 0.2) is 42.5 Å². The monoisotopic (exact) mass is 349 g/mol. The summed E-state index contributed by atoms with van der Waals surface area (Å²) in [6.07, 6.45) is 6.35. The third kappa shape index (κ3) is 2.90. The van der Waals surface area contributed by atoms with Gasteiger partial charge in [0.1, 0.15) is 6.04 Å². The fourth-order valence-electron chi connectivity index (χ4n) is 4.63. The molecule has 1 aromatic carbocycles. The van der Waals surface area contributed by atoms with Crippen molar-refractivity contribution in [3.05, 3.63) is 48.0 Å². The van der Waals surface area contributed by atoms with Gasteiger partial charge >= 0.3 is 0 Å². The summed E-state index contributed by atoms with van der Waals surface area (Å²) in [7, 11) is 0. The van der Waals surface area contributed by atoms with Crippen LogP contribution in [-0.2, 0) is 16.1 Å². The maximum absolute atomic E-state index is 13.1. The van der Waals surface area contributed by atoms with Gasteiger partial charge < -0.3 is 9.80 Å². The van der Waals surface area contributed by atoms with Crippen molar-refractivity contribution in [1.82, 2.24) is 9.80 Å². The zero-order chi connectivity index (χ0) is 18.1. The van der Waals surface area contributed by atoms with Gasteiger partial charge in [0, 0.05) is 25.6 Å². The van der Waals surface area contributed by atoms with Gasteiger partial charge in [0.15, 0.2) is 0 Å². The van der Waals surface area contributed by atoms with Crippen molar-refractivity contribution in [3.63, 3.8) is 0 Å². The number of likely N-dealkylation sites (tertiary alicyclic amines) is 2. The van der Waals surface area contributed by atoms with Crippen molar-refractivity contribution in [1.29, 1.82) is 5.26 Å². The number of amides is 2. The van der Waals surface area contributed by atoms with E-state index in [9.17, 15) is 14.9 Å². The summed E-state index contributed by atoms with van der Waals surface area (Å²) in [5.74, 6) is -0.446. The Balaban J connectivity index is 1.52. The molecule has 3 aliphatic rings. The first-order chi connectivity index (χ1) is 12.7. The van der Waals surface area contributed by atoms with E-state index in [0.29, 0.717) is 26.1 Å². The minimum Gasteiger partial charge on any atom is -0.337 e. The Labute approximate surface area is 153 Å². The van der Waals surface area contributed by atoms with E-state index in [-0.39, 0.29) is 35.6 Å². The molecule has 1 aliphatic carbocycles. The van der Waals surface area contributed by atoms with E-state index in [1.165, 1.54) is 0 Å². The molecule has 2 heterocycles. The molecule has 4 rings (SSSR count). The highest BCUT2D eigenvalue weighted by Gasteiger charge is 2.49. The van der Waals surface area contributed by atoms with Crippen LogP contribution in [0.2, 0.25) is 0 Å². The second-order valence-electron chi connectivity index (χ2n) is 7.48. The highest BCUT2D eigenvalue weighted by molar-refractivity contribution is 5.90. The molecule has 0 saturated carbocycles. The average molecular weight is 349 g/mol. The van der Waals surface area contributed by atoms with Crippen LogP contribution in [0.4, 0.5) is 0 Å². The number of benzene rings is 1. The predicted octanol–water partition coefficient (Wildman–Crippen LogP) is 2.35. The first kappa shape index (κ1) is 16.8. The van der Waals surface area contributed by atoms with Crippen LogP contribution in [0, 0.1) is 29.1 Å². The van der Waals surface area contributed by atoms with E-state index in [4.69, 9.17) is 0 Å². The Kier molecular flexibility index (Phi) is 4.50. The summed E-state index contributed by atoms with van der Waals surface area (Å²) in [6, 6.07) is 11.9. The zero-order valence-corrected chi connectivity index (χ0v) is 14.8. The Morgan fingerprint density at radius 2 is 2.08 bits per heavy atom. The summed E-state index contributed by atoms with van der Waals surface area (Å²) in [6.45, 7) is 1.89. The van der Waals surface area contributed by atoms with E-state index in [2.05, 4.69) is 12.1 Å². The number of allylic oxidation sites excluding steroid dienone is 1. The van der Waals surface area contributed by atoms with Gasteiger partial charge in [0.25, 0.3) is 0 Å². The Morgan fingerprint density at radius 1 is 1.27 bits per heavy atom. The maximum Gasteiger partial charge on any atom is 0.227 e. The van der Waals surface area contributed by atoms with Crippen molar-refractivity contribution in [2.75, 3.05) is 13.1 Å². The molecule has 0 aromatic heterocycles. The molecule has 1 aromatic rings.